The third-order valence-electron chi connectivity index (χ3n) is 6.33. The molecule has 0 unspecified atom stereocenters. The van der Waals surface area contributed by atoms with E-state index in [-0.39, 0.29) is 15.2 Å². The summed E-state index contributed by atoms with van der Waals surface area (Å²) in [7, 11) is -2.01. The van der Waals surface area contributed by atoms with Crippen LogP contribution in [0.5, 0.6) is 0 Å². The number of anilines is 1. The minimum atomic E-state index is -4.05. The molecule has 0 N–H and O–H groups in total. The summed E-state index contributed by atoms with van der Waals surface area (Å²) in [5.74, 6) is -0.504. The summed E-state index contributed by atoms with van der Waals surface area (Å²) in [6.45, 7) is 7.49. The summed E-state index contributed by atoms with van der Waals surface area (Å²) in [6, 6.07) is 9.32. The minimum absolute atomic E-state index is 0.0566. The Bertz CT molecular complexity index is 1330. The zero-order chi connectivity index (χ0) is 23.8. The molecule has 8 heteroatoms. The van der Waals surface area contributed by atoms with E-state index in [1.807, 2.05) is 25.8 Å². The first kappa shape index (κ1) is 23.4. The van der Waals surface area contributed by atoms with E-state index in [0.717, 1.165) is 31.5 Å². The first-order chi connectivity index (χ1) is 15.7. The number of rotatable bonds is 6. The van der Waals surface area contributed by atoms with Crippen LogP contribution in [0.4, 0.5) is 10.1 Å². The van der Waals surface area contributed by atoms with E-state index in [1.165, 1.54) is 24.4 Å². The second-order valence-corrected chi connectivity index (χ2v) is 10.7. The van der Waals surface area contributed by atoms with Crippen LogP contribution in [0.3, 0.4) is 0 Å². The Kier molecular flexibility index (Phi) is 6.59. The number of fused-ring (bicyclic) bond motifs is 1. The molecule has 2 aromatic carbocycles. The van der Waals surface area contributed by atoms with Crippen molar-refractivity contribution in [3.05, 3.63) is 64.2 Å². The van der Waals surface area contributed by atoms with Crippen molar-refractivity contribution in [1.29, 1.82) is 0 Å². The van der Waals surface area contributed by atoms with Gasteiger partial charge < -0.3 is 14.4 Å². The number of piperazine rings is 1. The fourth-order valence-corrected chi connectivity index (χ4v) is 5.58. The van der Waals surface area contributed by atoms with Crippen LogP contribution in [0.1, 0.15) is 25.3 Å². The van der Waals surface area contributed by atoms with Gasteiger partial charge in [-0.25, -0.2) is 12.8 Å². The number of nitrogens with zero attached hydrogens (tertiary/aromatic N) is 3. The molecule has 6 nitrogen and oxygen atoms in total. The van der Waals surface area contributed by atoms with E-state index in [0.29, 0.717) is 30.8 Å². The van der Waals surface area contributed by atoms with Gasteiger partial charge >= 0.3 is 0 Å². The van der Waals surface area contributed by atoms with Crippen molar-refractivity contribution >= 4 is 26.4 Å². The molecule has 33 heavy (non-hydrogen) atoms. The van der Waals surface area contributed by atoms with Crippen molar-refractivity contribution in [1.82, 2.24) is 9.47 Å². The van der Waals surface area contributed by atoms with Gasteiger partial charge in [0.2, 0.25) is 15.3 Å². The molecule has 1 saturated heterocycles. The monoisotopic (exact) mass is 471 g/mol. The molecule has 0 bridgehead atoms. The molecular weight excluding hydrogens is 441 g/mol. The van der Waals surface area contributed by atoms with Gasteiger partial charge in [-0.3, -0.25) is 4.79 Å². The van der Waals surface area contributed by atoms with Crippen molar-refractivity contribution in [2.75, 3.05) is 38.1 Å². The van der Waals surface area contributed by atoms with E-state index < -0.39 is 21.1 Å². The molecule has 0 amide bonds. The molecule has 2 heterocycles. The fraction of sp³-hybridized carbons (Fsp3) is 0.400. The van der Waals surface area contributed by atoms with Gasteiger partial charge in [0.1, 0.15) is 10.7 Å². The average Bonchev–Trinajstić information content (AvgIpc) is 2.79. The van der Waals surface area contributed by atoms with E-state index in [4.69, 9.17) is 0 Å². The first-order valence-electron chi connectivity index (χ1n) is 11.3. The largest absolute Gasteiger partial charge is 0.367 e. The Morgan fingerprint density at radius 1 is 1.03 bits per heavy atom. The van der Waals surface area contributed by atoms with Crippen LogP contribution in [-0.4, -0.2) is 51.1 Å². The molecular formula is C25H30FN3O3S. The number of halogens is 1. The van der Waals surface area contributed by atoms with Gasteiger partial charge in [0, 0.05) is 38.9 Å². The minimum Gasteiger partial charge on any atom is -0.367 e. The number of pyridine rings is 1. The maximum absolute atomic E-state index is 15.2. The van der Waals surface area contributed by atoms with Crippen molar-refractivity contribution in [2.24, 2.45) is 0 Å². The van der Waals surface area contributed by atoms with Crippen LogP contribution >= 0.6 is 0 Å². The zero-order valence-electron chi connectivity index (χ0n) is 19.3. The van der Waals surface area contributed by atoms with Gasteiger partial charge in [0.25, 0.3) is 0 Å². The van der Waals surface area contributed by atoms with E-state index in [2.05, 4.69) is 4.90 Å². The highest BCUT2D eigenvalue weighted by molar-refractivity contribution is 7.91. The van der Waals surface area contributed by atoms with Crippen LogP contribution in [0.25, 0.3) is 10.9 Å². The van der Waals surface area contributed by atoms with Gasteiger partial charge in [-0.1, -0.05) is 31.0 Å². The number of aromatic nitrogens is 1. The smallest absolute Gasteiger partial charge is 0.211 e. The van der Waals surface area contributed by atoms with Gasteiger partial charge in [-0.05, 0) is 44.7 Å². The number of unbranched alkanes of at least 4 members (excludes halogenated alkanes) is 1. The topological polar surface area (TPSA) is 62.6 Å². The lowest BCUT2D eigenvalue weighted by atomic mass is 10.1. The third-order valence-corrected chi connectivity index (χ3v) is 8.10. The Morgan fingerprint density at radius 2 is 1.70 bits per heavy atom. The highest BCUT2D eigenvalue weighted by Gasteiger charge is 2.26. The van der Waals surface area contributed by atoms with Crippen LogP contribution in [0, 0.1) is 12.7 Å². The lowest BCUT2D eigenvalue weighted by Gasteiger charge is -2.34. The average molecular weight is 472 g/mol. The molecule has 1 aliphatic heterocycles. The summed E-state index contributed by atoms with van der Waals surface area (Å²) in [5.41, 5.74) is 1.27. The summed E-state index contributed by atoms with van der Waals surface area (Å²) in [5, 5.41) is 0.0923. The lowest BCUT2D eigenvalue weighted by molar-refractivity contribution is 0.312. The van der Waals surface area contributed by atoms with Gasteiger partial charge in [-0.2, -0.15) is 0 Å². The van der Waals surface area contributed by atoms with Crippen molar-refractivity contribution in [3.8, 4) is 0 Å². The normalized spacial score (nSPS) is 15.3. The second kappa shape index (κ2) is 9.27. The van der Waals surface area contributed by atoms with E-state index >= 15 is 4.39 Å². The molecule has 4 rings (SSSR count). The molecule has 3 aromatic rings. The number of benzene rings is 2. The van der Waals surface area contributed by atoms with Gasteiger partial charge in [0.05, 0.1) is 21.5 Å². The summed E-state index contributed by atoms with van der Waals surface area (Å²) < 4.78 is 43.7. The molecule has 0 spiro atoms. The van der Waals surface area contributed by atoms with Crippen molar-refractivity contribution in [3.63, 3.8) is 0 Å². The molecule has 0 atom stereocenters. The molecule has 1 aliphatic rings. The lowest BCUT2D eigenvalue weighted by Crippen LogP contribution is -2.44. The predicted molar refractivity (Wildman–Crippen MR) is 129 cm³/mol. The number of sulfone groups is 1. The molecule has 1 aromatic heterocycles. The van der Waals surface area contributed by atoms with Crippen molar-refractivity contribution < 1.29 is 12.8 Å². The molecule has 1 fully saturated rings. The third kappa shape index (κ3) is 4.54. The Morgan fingerprint density at radius 3 is 2.33 bits per heavy atom. The van der Waals surface area contributed by atoms with E-state index in [9.17, 15) is 13.2 Å². The Balaban J connectivity index is 1.90. The highest BCUT2D eigenvalue weighted by Crippen LogP contribution is 2.28. The summed E-state index contributed by atoms with van der Waals surface area (Å²) in [4.78, 5) is 17.3. The predicted octanol–water partition coefficient (Wildman–Crippen LogP) is 3.83. The second-order valence-electron chi connectivity index (χ2n) is 8.80. The number of likely N-dealkylation sites (N-methyl/N-ethyl adjacent to an activating group) is 1. The maximum atomic E-state index is 15.2. The first-order valence-corrected chi connectivity index (χ1v) is 12.8. The Hall–Kier alpha value is -2.71. The highest BCUT2D eigenvalue weighted by atomic mass is 32.2. The maximum Gasteiger partial charge on any atom is 0.211 e. The number of aryl methyl sites for hydroxylation is 2. The van der Waals surface area contributed by atoms with Crippen LogP contribution in [-0.2, 0) is 16.4 Å². The molecule has 0 saturated carbocycles. The van der Waals surface area contributed by atoms with Gasteiger partial charge in [-0.15, -0.1) is 0 Å². The molecule has 0 radical (unpaired) electrons. The molecule has 176 valence electrons. The summed E-state index contributed by atoms with van der Waals surface area (Å²) in [6.07, 6.45) is 3.14. The summed E-state index contributed by atoms with van der Waals surface area (Å²) >= 11 is 0. The van der Waals surface area contributed by atoms with Crippen molar-refractivity contribution in [2.45, 2.75) is 43.0 Å². The molecule has 0 aliphatic carbocycles. The standard InChI is InChI=1S/C25H30FN3O3S/c1-4-5-10-29-17-24(33(31,32)19-8-6-18(2)7-9-19)25(30)20-15-21(26)23(16-22(20)29)28-13-11-27(3)12-14-28/h6-9,15-17H,4-5,10-14H2,1-3H3. The van der Waals surface area contributed by atoms with Crippen LogP contribution in [0.15, 0.2) is 57.2 Å². The SMILES string of the molecule is CCCCn1cc(S(=O)(=O)c2ccc(C)cc2)c(=O)c2cc(F)c(N3CCN(C)CC3)cc21. The number of hydrogen-bond donors (Lipinski definition) is 0. The van der Waals surface area contributed by atoms with Crippen LogP contribution in [0.2, 0.25) is 0 Å². The quantitative estimate of drug-likeness (QED) is 0.547. The van der Waals surface area contributed by atoms with Crippen LogP contribution < -0.4 is 10.3 Å². The fourth-order valence-electron chi connectivity index (χ4n) is 4.21. The zero-order valence-corrected chi connectivity index (χ0v) is 20.2. The van der Waals surface area contributed by atoms with E-state index in [1.54, 1.807) is 22.8 Å². The number of hydrogen-bond acceptors (Lipinski definition) is 5. The Labute approximate surface area is 194 Å². The van der Waals surface area contributed by atoms with Gasteiger partial charge in [0.15, 0.2) is 0 Å².